The largest absolute Gasteiger partial charge is 0.459 e. The van der Waals surface area contributed by atoms with Gasteiger partial charge in [-0.2, -0.15) is 0 Å². The number of esters is 1. The van der Waals surface area contributed by atoms with Crippen LogP contribution in [0.5, 0.6) is 0 Å². The van der Waals surface area contributed by atoms with Crippen LogP contribution in [-0.4, -0.2) is 18.0 Å². The molecule has 0 unspecified atom stereocenters. The van der Waals surface area contributed by atoms with Crippen LogP contribution in [0.3, 0.4) is 0 Å². The molecule has 0 fully saturated rings. The van der Waals surface area contributed by atoms with Crippen LogP contribution in [0.4, 0.5) is 9.18 Å². The van der Waals surface area contributed by atoms with Crippen molar-refractivity contribution in [1.82, 2.24) is 5.32 Å². The molecule has 5 nitrogen and oxygen atoms in total. The Hall–Kier alpha value is -2.89. The van der Waals surface area contributed by atoms with Crippen molar-refractivity contribution in [3.8, 4) is 0 Å². The second-order valence-corrected chi connectivity index (χ2v) is 4.95. The summed E-state index contributed by atoms with van der Waals surface area (Å²) in [5, 5.41) is 2.35. The highest BCUT2D eigenvalue weighted by molar-refractivity contribution is 5.83. The lowest BCUT2D eigenvalue weighted by Crippen LogP contribution is -2.45. The van der Waals surface area contributed by atoms with Gasteiger partial charge in [0.15, 0.2) is 0 Å². The van der Waals surface area contributed by atoms with Gasteiger partial charge in [-0.05, 0) is 11.6 Å². The molecule has 0 radical (unpaired) electrons. The zero-order valence-corrected chi connectivity index (χ0v) is 12.4. The predicted octanol–water partition coefficient (Wildman–Crippen LogP) is 2.15. The van der Waals surface area contributed by atoms with Crippen molar-refractivity contribution < 1.29 is 18.7 Å². The first-order valence-corrected chi connectivity index (χ1v) is 7.06. The van der Waals surface area contributed by atoms with Crippen LogP contribution in [0, 0.1) is 5.82 Å². The molecule has 0 aliphatic carbocycles. The molecular weight excluding hydrogens is 299 g/mol. The fraction of sp³-hybridized carbons (Fsp3) is 0.176. The standard InChI is InChI=1S/C17H17FN2O3/c18-14-9-5-4-8-13(14)11-23-16(21)15(20-17(19)22)10-12-6-2-1-3-7-12/h1-9,15H,10-11H2,(H3,19,20,22)/t15-/m0/s1. The third-order valence-corrected chi connectivity index (χ3v) is 3.21. The molecule has 0 heterocycles. The predicted molar refractivity (Wildman–Crippen MR) is 82.8 cm³/mol. The minimum Gasteiger partial charge on any atom is -0.459 e. The maximum absolute atomic E-state index is 13.5. The van der Waals surface area contributed by atoms with Gasteiger partial charge in [0.2, 0.25) is 0 Å². The number of amides is 2. The number of rotatable bonds is 6. The van der Waals surface area contributed by atoms with E-state index < -0.39 is 23.9 Å². The summed E-state index contributed by atoms with van der Waals surface area (Å²) < 4.78 is 18.6. The van der Waals surface area contributed by atoms with Crippen molar-refractivity contribution >= 4 is 12.0 Å². The second-order valence-electron chi connectivity index (χ2n) is 4.95. The maximum atomic E-state index is 13.5. The fourth-order valence-corrected chi connectivity index (χ4v) is 2.08. The van der Waals surface area contributed by atoms with E-state index in [-0.39, 0.29) is 18.6 Å². The Labute approximate surface area is 133 Å². The van der Waals surface area contributed by atoms with Gasteiger partial charge in [-0.1, -0.05) is 48.5 Å². The molecule has 23 heavy (non-hydrogen) atoms. The van der Waals surface area contributed by atoms with Crippen LogP contribution in [0.15, 0.2) is 54.6 Å². The van der Waals surface area contributed by atoms with Crippen molar-refractivity contribution in [2.24, 2.45) is 5.73 Å². The van der Waals surface area contributed by atoms with Gasteiger partial charge < -0.3 is 15.8 Å². The number of nitrogens with one attached hydrogen (secondary N) is 1. The molecule has 0 bridgehead atoms. The molecule has 0 aliphatic rings. The van der Waals surface area contributed by atoms with E-state index in [1.807, 2.05) is 30.3 Å². The number of nitrogens with two attached hydrogens (primary N) is 1. The van der Waals surface area contributed by atoms with E-state index in [0.717, 1.165) is 5.56 Å². The molecule has 0 saturated heterocycles. The lowest BCUT2D eigenvalue weighted by atomic mass is 10.1. The Morgan fingerprint density at radius 2 is 1.74 bits per heavy atom. The normalized spacial score (nSPS) is 11.5. The molecule has 2 aromatic carbocycles. The molecule has 0 saturated carbocycles. The number of carbonyl (C=O) groups is 2. The summed E-state index contributed by atoms with van der Waals surface area (Å²) in [6, 6.07) is 13.4. The average molecular weight is 316 g/mol. The summed E-state index contributed by atoms with van der Waals surface area (Å²) in [5.41, 5.74) is 6.20. The lowest BCUT2D eigenvalue weighted by molar-refractivity contribution is -0.147. The first-order valence-electron chi connectivity index (χ1n) is 7.06. The Morgan fingerprint density at radius 3 is 2.39 bits per heavy atom. The summed E-state index contributed by atoms with van der Waals surface area (Å²) in [4.78, 5) is 23.2. The minimum absolute atomic E-state index is 0.211. The summed E-state index contributed by atoms with van der Waals surface area (Å²) in [6.45, 7) is -0.211. The number of halogens is 1. The molecule has 1 atom stereocenters. The first-order chi connectivity index (χ1) is 11.1. The van der Waals surface area contributed by atoms with Gasteiger partial charge in [-0.15, -0.1) is 0 Å². The van der Waals surface area contributed by atoms with E-state index in [0.29, 0.717) is 0 Å². The number of benzene rings is 2. The van der Waals surface area contributed by atoms with Crippen molar-refractivity contribution in [2.45, 2.75) is 19.1 Å². The third-order valence-electron chi connectivity index (χ3n) is 3.21. The number of ether oxygens (including phenoxy) is 1. The summed E-state index contributed by atoms with van der Waals surface area (Å²) >= 11 is 0. The SMILES string of the molecule is NC(=O)N[C@@H](Cc1ccccc1)C(=O)OCc1ccccc1F. The van der Waals surface area contributed by atoms with Crippen molar-refractivity contribution in [3.05, 3.63) is 71.5 Å². The lowest BCUT2D eigenvalue weighted by Gasteiger charge is -2.16. The van der Waals surface area contributed by atoms with Crippen molar-refractivity contribution in [2.75, 3.05) is 0 Å². The number of hydrogen-bond acceptors (Lipinski definition) is 3. The highest BCUT2D eigenvalue weighted by atomic mass is 19.1. The van der Waals surface area contributed by atoms with Crippen LogP contribution >= 0.6 is 0 Å². The average Bonchev–Trinajstić information content (AvgIpc) is 2.54. The first kappa shape index (κ1) is 16.5. The van der Waals surface area contributed by atoms with Crippen molar-refractivity contribution in [1.29, 1.82) is 0 Å². The molecular formula is C17H17FN2O3. The van der Waals surface area contributed by atoms with Gasteiger partial charge in [0.05, 0.1) is 0 Å². The van der Waals surface area contributed by atoms with Gasteiger partial charge in [0, 0.05) is 12.0 Å². The van der Waals surface area contributed by atoms with E-state index in [9.17, 15) is 14.0 Å². The number of primary amides is 1. The van der Waals surface area contributed by atoms with E-state index in [4.69, 9.17) is 10.5 Å². The van der Waals surface area contributed by atoms with E-state index in [2.05, 4.69) is 5.32 Å². The van der Waals surface area contributed by atoms with E-state index in [1.54, 1.807) is 12.1 Å². The smallest absolute Gasteiger partial charge is 0.329 e. The monoisotopic (exact) mass is 316 g/mol. The molecule has 2 rings (SSSR count). The van der Waals surface area contributed by atoms with Gasteiger partial charge in [0.1, 0.15) is 18.5 Å². The van der Waals surface area contributed by atoms with Gasteiger partial charge in [0.25, 0.3) is 0 Å². The number of urea groups is 1. The van der Waals surface area contributed by atoms with Gasteiger partial charge in [-0.25, -0.2) is 14.0 Å². The summed E-state index contributed by atoms with van der Waals surface area (Å²) in [7, 11) is 0. The zero-order valence-electron chi connectivity index (χ0n) is 12.4. The molecule has 3 N–H and O–H groups in total. The van der Waals surface area contributed by atoms with Gasteiger partial charge in [-0.3, -0.25) is 0 Å². The van der Waals surface area contributed by atoms with Crippen molar-refractivity contribution in [3.63, 3.8) is 0 Å². The topological polar surface area (TPSA) is 81.4 Å². The molecule has 0 aromatic heterocycles. The quantitative estimate of drug-likeness (QED) is 0.801. The van der Waals surface area contributed by atoms with E-state index >= 15 is 0 Å². The second kappa shape index (κ2) is 7.93. The molecule has 0 aliphatic heterocycles. The summed E-state index contributed by atoms with van der Waals surface area (Å²) in [6.07, 6.45) is 0.236. The van der Waals surface area contributed by atoms with Crippen LogP contribution in [0.1, 0.15) is 11.1 Å². The molecule has 6 heteroatoms. The van der Waals surface area contributed by atoms with Crippen LogP contribution < -0.4 is 11.1 Å². The van der Waals surface area contributed by atoms with Crippen LogP contribution in [-0.2, 0) is 22.6 Å². The third kappa shape index (κ3) is 5.10. The van der Waals surface area contributed by atoms with Gasteiger partial charge >= 0.3 is 12.0 Å². The number of carbonyl (C=O) groups excluding carboxylic acids is 2. The van der Waals surface area contributed by atoms with Crippen LogP contribution in [0.2, 0.25) is 0 Å². The zero-order chi connectivity index (χ0) is 16.7. The Morgan fingerprint density at radius 1 is 1.09 bits per heavy atom. The highest BCUT2D eigenvalue weighted by Crippen LogP contribution is 2.10. The number of hydrogen-bond donors (Lipinski definition) is 2. The molecule has 120 valence electrons. The Bertz CT molecular complexity index is 677. The highest BCUT2D eigenvalue weighted by Gasteiger charge is 2.22. The van der Waals surface area contributed by atoms with Crippen LogP contribution in [0.25, 0.3) is 0 Å². The Kier molecular flexibility index (Phi) is 5.68. The Balaban J connectivity index is 2.01. The maximum Gasteiger partial charge on any atom is 0.329 e. The minimum atomic E-state index is -0.929. The molecule has 2 aromatic rings. The molecule has 0 spiro atoms. The fourth-order valence-electron chi connectivity index (χ4n) is 2.08. The molecule has 2 amide bonds. The summed E-state index contributed by atoms with van der Waals surface area (Å²) in [5.74, 6) is -1.13. The van der Waals surface area contributed by atoms with E-state index in [1.165, 1.54) is 12.1 Å².